The minimum atomic E-state index is 0.422. The summed E-state index contributed by atoms with van der Waals surface area (Å²) in [7, 11) is 1.72. The largest absolute Gasteiger partial charge is 0.496 e. The predicted octanol–water partition coefficient (Wildman–Crippen LogP) is 6.18. The van der Waals surface area contributed by atoms with Gasteiger partial charge in [0, 0.05) is 22.1 Å². The molecule has 2 aromatic carbocycles. The molecule has 0 saturated carbocycles. The molecule has 0 aliphatic carbocycles. The van der Waals surface area contributed by atoms with E-state index in [1.807, 2.05) is 12.1 Å². The van der Waals surface area contributed by atoms with Gasteiger partial charge in [-0.2, -0.15) is 5.10 Å². The lowest BCUT2D eigenvalue weighted by Gasteiger charge is -2.15. The van der Waals surface area contributed by atoms with Crippen LogP contribution >= 0.6 is 15.9 Å². The average Bonchev–Trinajstić information content (AvgIpc) is 2.88. The number of hydrogen-bond donors (Lipinski definition) is 1. The van der Waals surface area contributed by atoms with Crippen LogP contribution in [-0.4, -0.2) is 23.4 Å². The molecular formula is C23H26BrN3O. The minimum absolute atomic E-state index is 0.422. The molecule has 3 aromatic rings. The summed E-state index contributed by atoms with van der Waals surface area (Å²) in [6.45, 7) is 5.43. The van der Waals surface area contributed by atoms with Gasteiger partial charge in [0.1, 0.15) is 17.3 Å². The summed E-state index contributed by atoms with van der Waals surface area (Å²) in [6, 6.07) is 14.7. The number of nitrogens with zero attached hydrogens (tertiary/aromatic N) is 2. The van der Waals surface area contributed by atoms with Crippen LogP contribution in [-0.2, 0) is 6.42 Å². The molecule has 0 radical (unpaired) electrons. The first-order chi connectivity index (χ1) is 13.6. The summed E-state index contributed by atoms with van der Waals surface area (Å²) in [6.07, 6.45) is 3.33. The molecule has 2 heterocycles. The Balaban J connectivity index is 1.98. The molecule has 0 unspecified atom stereocenters. The Kier molecular flexibility index (Phi) is 5.44. The summed E-state index contributed by atoms with van der Waals surface area (Å²) in [5.41, 5.74) is 5.74. The highest BCUT2D eigenvalue weighted by molar-refractivity contribution is 9.10. The van der Waals surface area contributed by atoms with Gasteiger partial charge in [0.15, 0.2) is 0 Å². The number of aromatic nitrogens is 2. The fraction of sp³-hybridized carbons (Fsp3) is 0.348. The minimum Gasteiger partial charge on any atom is -0.496 e. The van der Waals surface area contributed by atoms with Crippen molar-refractivity contribution in [1.82, 2.24) is 9.78 Å². The molecule has 5 heteroatoms. The third kappa shape index (κ3) is 3.44. The van der Waals surface area contributed by atoms with Crippen LogP contribution in [0.25, 0.3) is 16.9 Å². The zero-order chi connectivity index (χ0) is 19.7. The third-order valence-electron chi connectivity index (χ3n) is 5.33. The Labute approximate surface area is 175 Å². The maximum Gasteiger partial charge on any atom is 0.133 e. The van der Waals surface area contributed by atoms with Gasteiger partial charge in [0.05, 0.1) is 12.8 Å². The highest BCUT2D eigenvalue weighted by Crippen LogP contribution is 2.40. The second kappa shape index (κ2) is 8.00. The van der Waals surface area contributed by atoms with Gasteiger partial charge in [-0.05, 0) is 55.0 Å². The van der Waals surface area contributed by atoms with Crippen molar-refractivity contribution >= 4 is 21.7 Å². The Morgan fingerprint density at radius 2 is 1.96 bits per heavy atom. The molecule has 0 amide bonds. The smallest absolute Gasteiger partial charge is 0.133 e. The molecular weight excluding hydrogens is 414 g/mol. The Hall–Kier alpha value is -2.27. The first kappa shape index (κ1) is 19.1. The van der Waals surface area contributed by atoms with Crippen LogP contribution in [0.15, 0.2) is 46.9 Å². The fourth-order valence-electron chi connectivity index (χ4n) is 3.93. The van der Waals surface area contributed by atoms with Gasteiger partial charge < -0.3 is 10.1 Å². The molecule has 146 valence electrons. The van der Waals surface area contributed by atoms with E-state index in [2.05, 4.69) is 70.1 Å². The SMILES string of the molecule is COc1ccc(Br)cc1-c1nn(-c2ccccc2C(C)C)c2c1CCCCN2. The standard InChI is InChI=1S/C23H26BrN3O/c1-15(2)17-8-4-5-10-20(17)27-23-18(9-6-7-13-25-23)22(26-27)19-14-16(24)11-12-21(19)28-3/h4-5,8,10-12,14-15,25H,6-7,9,13H2,1-3H3. The van der Waals surface area contributed by atoms with Crippen molar-refractivity contribution in [3.05, 3.63) is 58.1 Å². The lowest BCUT2D eigenvalue weighted by Crippen LogP contribution is -2.09. The van der Waals surface area contributed by atoms with Gasteiger partial charge in [-0.25, -0.2) is 4.68 Å². The van der Waals surface area contributed by atoms with E-state index in [9.17, 15) is 0 Å². The number of benzene rings is 2. The Morgan fingerprint density at radius 1 is 1.14 bits per heavy atom. The molecule has 1 N–H and O–H groups in total. The van der Waals surface area contributed by atoms with Crippen LogP contribution in [0.4, 0.5) is 5.82 Å². The number of anilines is 1. The maximum atomic E-state index is 5.66. The van der Waals surface area contributed by atoms with E-state index in [1.165, 1.54) is 11.1 Å². The Bertz CT molecular complexity index is 994. The molecule has 1 aromatic heterocycles. The van der Waals surface area contributed by atoms with Crippen molar-refractivity contribution in [1.29, 1.82) is 0 Å². The van der Waals surface area contributed by atoms with Crippen LogP contribution in [0, 0.1) is 0 Å². The number of fused-ring (bicyclic) bond motifs is 1. The van der Waals surface area contributed by atoms with Gasteiger partial charge in [0.25, 0.3) is 0 Å². The summed E-state index contributed by atoms with van der Waals surface area (Å²) in [5, 5.41) is 8.77. The lowest BCUT2D eigenvalue weighted by molar-refractivity contribution is 0.416. The van der Waals surface area contributed by atoms with E-state index in [0.29, 0.717) is 5.92 Å². The van der Waals surface area contributed by atoms with Gasteiger partial charge in [-0.15, -0.1) is 0 Å². The Morgan fingerprint density at radius 3 is 2.75 bits per heavy atom. The fourth-order valence-corrected chi connectivity index (χ4v) is 4.29. The van der Waals surface area contributed by atoms with Gasteiger partial charge in [-0.1, -0.05) is 48.0 Å². The summed E-state index contributed by atoms with van der Waals surface area (Å²) in [5.74, 6) is 2.38. The van der Waals surface area contributed by atoms with E-state index in [1.54, 1.807) is 7.11 Å². The van der Waals surface area contributed by atoms with Gasteiger partial charge in [0.2, 0.25) is 0 Å². The number of hydrogen-bond acceptors (Lipinski definition) is 3. The number of nitrogens with one attached hydrogen (secondary N) is 1. The van der Waals surface area contributed by atoms with Crippen molar-refractivity contribution in [3.8, 4) is 22.7 Å². The highest BCUT2D eigenvalue weighted by Gasteiger charge is 2.25. The number of halogens is 1. The van der Waals surface area contributed by atoms with E-state index >= 15 is 0 Å². The van der Waals surface area contributed by atoms with Gasteiger partial charge in [-0.3, -0.25) is 0 Å². The highest BCUT2D eigenvalue weighted by atomic mass is 79.9. The van der Waals surface area contributed by atoms with Crippen molar-refractivity contribution in [2.75, 3.05) is 19.0 Å². The second-order valence-electron chi connectivity index (χ2n) is 7.53. The van der Waals surface area contributed by atoms with Crippen molar-refractivity contribution < 1.29 is 4.74 Å². The van der Waals surface area contributed by atoms with Crippen LogP contribution in [0.5, 0.6) is 5.75 Å². The molecule has 0 spiro atoms. The maximum absolute atomic E-state index is 5.66. The zero-order valence-corrected chi connectivity index (χ0v) is 18.2. The number of rotatable bonds is 4. The number of para-hydroxylation sites is 1. The monoisotopic (exact) mass is 439 g/mol. The summed E-state index contributed by atoms with van der Waals surface area (Å²) < 4.78 is 8.79. The van der Waals surface area contributed by atoms with E-state index in [-0.39, 0.29) is 0 Å². The van der Waals surface area contributed by atoms with E-state index < -0.39 is 0 Å². The molecule has 28 heavy (non-hydrogen) atoms. The van der Waals surface area contributed by atoms with Crippen LogP contribution < -0.4 is 10.1 Å². The number of methoxy groups -OCH3 is 1. The van der Waals surface area contributed by atoms with E-state index in [0.717, 1.165) is 58.8 Å². The summed E-state index contributed by atoms with van der Waals surface area (Å²) >= 11 is 3.61. The van der Waals surface area contributed by atoms with Crippen LogP contribution in [0.3, 0.4) is 0 Å². The van der Waals surface area contributed by atoms with Crippen LogP contribution in [0.2, 0.25) is 0 Å². The van der Waals surface area contributed by atoms with Gasteiger partial charge >= 0.3 is 0 Å². The van der Waals surface area contributed by atoms with Crippen molar-refractivity contribution in [2.45, 2.75) is 39.0 Å². The molecule has 4 rings (SSSR count). The topological polar surface area (TPSA) is 39.1 Å². The summed E-state index contributed by atoms with van der Waals surface area (Å²) in [4.78, 5) is 0. The van der Waals surface area contributed by atoms with Crippen molar-refractivity contribution in [2.24, 2.45) is 0 Å². The van der Waals surface area contributed by atoms with E-state index in [4.69, 9.17) is 9.84 Å². The lowest BCUT2D eigenvalue weighted by atomic mass is 10.0. The van der Waals surface area contributed by atoms with Crippen molar-refractivity contribution in [3.63, 3.8) is 0 Å². The zero-order valence-electron chi connectivity index (χ0n) is 16.6. The molecule has 1 aliphatic rings. The molecule has 0 saturated heterocycles. The third-order valence-corrected chi connectivity index (χ3v) is 5.83. The second-order valence-corrected chi connectivity index (χ2v) is 8.45. The molecule has 0 atom stereocenters. The molecule has 0 fully saturated rings. The van der Waals surface area contributed by atoms with Crippen LogP contribution in [0.1, 0.15) is 43.7 Å². The normalized spacial score (nSPS) is 13.8. The number of ether oxygens (including phenoxy) is 1. The molecule has 1 aliphatic heterocycles. The molecule has 0 bridgehead atoms. The first-order valence-electron chi connectivity index (χ1n) is 9.89. The average molecular weight is 440 g/mol. The first-order valence-corrected chi connectivity index (χ1v) is 10.7. The predicted molar refractivity (Wildman–Crippen MR) is 119 cm³/mol. The molecule has 4 nitrogen and oxygen atoms in total. The quantitative estimate of drug-likeness (QED) is 0.527.